The zero-order valence-corrected chi connectivity index (χ0v) is 18.6. The van der Waals surface area contributed by atoms with Crippen molar-refractivity contribution in [2.75, 3.05) is 13.1 Å². The van der Waals surface area contributed by atoms with Gasteiger partial charge in [-0.25, -0.2) is 4.79 Å². The van der Waals surface area contributed by atoms with Crippen molar-refractivity contribution in [3.05, 3.63) is 65.4 Å². The van der Waals surface area contributed by atoms with E-state index in [-0.39, 0.29) is 0 Å². The molecule has 1 saturated carbocycles. The molecule has 5 nitrogen and oxygen atoms in total. The fourth-order valence-electron chi connectivity index (χ4n) is 6.65. The Morgan fingerprint density at radius 2 is 2.06 bits per heavy atom. The van der Waals surface area contributed by atoms with Crippen LogP contribution in [0.25, 0.3) is 10.9 Å². The highest BCUT2D eigenvalue weighted by atomic mass is 16.6. The number of aromatic amines is 1. The molecule has 3 fully saturated rings. The van der Waals surface area contributed by atoms with E-state index in [4.69, 9.17) is 4.74 Å². The molecule has 1 aromatic heterocycles. The quantitative estimate of drug-likeness (QED) is 0.598. The van der Waals surface area contributed by atoms with Crippen LogP contribution in [0.1, 0.15) is 48.9 Å². The molecule has 0 radical (unpaired) electrons. The summed E-state index contributed by atoms with van der Waals surface area (Å²) in [6, 6.07) is 16.6. The number of ether oxygens (including phenoxy) is 1. The minimum Gasteiger partial charge on any atom is -0.410 e. The van der Waals surface area contributed by atoms with E-state index in [0.29, 0.717) is 24.3 Å². The highest BCUT2D eigenvalue weighted by molar-refractivity contribution is 5.87. The van der Waals surface area contributed by atoms with E-state index < -0.39 is 6.09 Å². The van der Waals surface area contributed by atoms with Crippen molar-refractivity contribution in [1.29, 1.82) is 0 Å². The van der Waals surface area contributed by atoms with Gasteiger partial charge in [-0.3, -0.25) is 4.90 Å². The molecular formula is C27H31N3O2. The minimum atomic E-state index is -0.417. The molecule has 1 aliphatic carbocycles. The molecule has 5 atom stereocenters. The number of nitrogens with one attached hydrogen (secondary N) is 2. The first-order valence-corrected chi connectivity index (χ1v) is 12.1. The van der Waals surface area contributed by atoms with E-state index in [1.54, 1.807) is 0 Å². The van der Waals surface area contributed by atoms with Gasteiger partial charge in [-0.1, -0.05) is 43.7 Å². The molecule has 4 heterocycles. The summed E-state index contributed by atoms with van der Waals surface area (Å²) in [6.07, 6.45) is 4.64. The summed E-state index contributed by atoms with van der Waals surface area (Å²) >= 11 is 0. The highest BCUT2D eigenvalue weighted by Crippen LogP contribution is 2.51. The minimum absolute atomic E-state index is 0.417. The van der Waals surface area contributed by atoms with Crippen molar-refractivity contribution in [2.24, 2.45) is 11.8 Å². The van der Waals surface area contributed by atoms with E-state index in [1.165, 1.54) is 42.5 Å². The van der Waals surface area contributed by atoms with Crippen LogP contribution in [0.2, 0.25) is 0 Å². The van der Waals surface area contributed by atoms with Crippen molar-refractivity contribution < 1.29 is 9.53 Å². The molecule has 1 amide bonds. The Morgan fingerprint density at radius 1 is 1.19 bits per heavy atom. The first-order chi connectivity index (χ1) is 15.7. The fraction of sp³-hybridized carbons (Fsp3) is 0.444. The van der Waals surface area contributed by atoms with E-state index in [9.17, 15) is 4.79 Å². The third-order valence-electron chi connectivity index (χ3n) is 7.98. The SMILES string of the molecule is CCC1CC2CC3c4[nH]c5ccc(OC(=O)NCc6ccccc6)cc5c4CCN(C2)C13. The molecule has 4 aliphatic rings. The number of carbonyl (C=O) groups excluding carboxylic acids is 1. The lowest BCUT2D eigenvalue weighted by Crippen LogP contribution is -2.56. The predicted octanol–water partition coefficient (Wildman–Crippen LogP) is 5.22. The Labute approximate surface area is 189 Å². The van der Waals surface area contributed by atoms with E-state index in [2.05, 4.69) is 28.2 Å². The van der Waals surface area contributed by atoms with Crippen molar-refractivity contribution in [3.63, 3.8) is 0 Å². The average molecular weight is 430 g/mol. The van der Waals surface area contributed by atoms with Crippen LogP contribution >= 0.6 is 0 Å². The molecule has 2 saturated heterocycles. The van der Waals surface area contributed by atoms with Crippen LogP contribution in [0.3, 0.4) is 0 Å². The number of rotatable bonds is 4. The maximum atomic E-state index is 12.4. The lowest BCUT2D eigenvalue weighted by atomic mass is 9.65. The molecule has 7 rings (SSSR count). The van der Waals surface area contributed by atoms with Crippen molar-refractivity contribution in [3.8, 4) is 5.75 Å². The topological polar surface area (TPSA) is 57.4 Å². The zero-order chi connectivity index (χ0) is 21.7. The number of carbonyl (C=O) groups is 1. The molecule has 0 spiro atoms. The monoisotopic (exact) mass is 429 g/mol. The number of hydrogen-bond donors (Lipinski definition) is 2. The highest BCUT2D eigenvalue weighted by Gasteiger charge is 2.48. The van der Waals surface area contributed by atoms with Crippen molar-refractivity contribution >= 4 is 17.0 Å². The van der Waals surface area contributed by atoms with Crippen LogP contribution < -0.4 is 10.1 Å². The number of nitrogens with zero attached hydrogens (tertiary/aromatic N) is 1. The van der Waals surface area contributed by atoms with Gasteiger partial charge in [-0.15, -0.1) is 0 Å². The summed E-state index contributed by atoms with van der Waals surface area (Å²) < 4.78 is 5.63. The summed E-state index contributed by atoms with van der Waals surface area (Å²) in [6.45, 7) is 5.23. The number of amides is 1. The Bertz CT molecular complexity index is 1140. The van der Waals surface area contributed by atoms with E-state index in [1.807, 2.05) is 42.5 Å². The number of aromatic nitrogens is 1. The first-order valence-electron chi connectivity index (χ1n) is 12.1. The molecule has 166 valence electrons. The van der Waals surface area contributed by atoms with Crippen LogP contribution in [0.15, 0.2) is 48.5 Å². The molecule has 5 unspecified atom stereocenters. The standard InChI is InChI=1S/C27H31N3O2/c1-2-19-12-18-13-23-25-21(10-11-30(16-18)26(19)23)22-14-20(8-9-24(22)29-25)32-27(31)28-15-17-6-4-3-5-7-17/h3-9,14,18-19,23,26,29H,2,10-13,15-16H2,1H3,(H,28,31). The lowest BCUT2D eigenvalue weighted by molar-refractivity contribution is -0.0134. The molecule has 4 bridgehead atoms. The normalized spacial score (nSPS) is 28.2. The Morgan fingerprint density at radius 3 is 2.91 bits per heavy atom. The molecule has 3 aromatic rings. The molecule has 5 heteroatoms. The maximum absolute atomic E-state index is 12.4. The second-order valence-electron chi connectivity index (χ2n) is 9.80. The van der Waals surface area contributed by atoms with Crippen LogP contribution in [0, 0.1) is 11.8 Å². The zero-order valence-electron chi connectivity index (χ0n) is 18.6. The second-order valence-corrected chi connectivity index (χ2v) is 9.80. The molecular weight excluding hydrogens is 398 g/mol. The molecule has 3 aliphatic heterocycles. The third-order valence-corrected chi connectivity index (χ3v) is 7.98. The van der Waals surface area contributed by atoms with Gasteiger partial charge in [0.25, 0.3) is 0 Å². The van der Waals surface area contributed by atoms with Crippen LogP contribution in [0.4, 0.5) is 4.79 Å². The van der Waals surface area contributed by atoms with Gasteiger partial charge >= 0.3 is 6.09 Å². The summed E-state index contributed by atoms with van der Waals surface area (Å²) in [7, 11) is 0. The number of fused-ring (bicyclic) bond motifs is 4. The van der Waals surface area contributed by atoms with Crippen molar-refractivity contribution in [2.45, 2.75) is 51.1 Å². The second kappa shape index (κ2) is 7.96. The molecule has 2 N–H and O–H groups in total. The molecule has 2 aromatic carbocycles. The summed E-state index contributed by atoms with van der Waals surface area (Å²) in [5.74, 6) is 2.86. The van der Waals surface area contributed by atoms with Crippen LogP contribution in [-0.2, 0) is 13.0 Å². The Hall–Kier alpha value is -2.79. The number of benzene rings is 2. The summed E-state index contributed by atoms with van der Waals surface area (Å²) in [4.78, 5) is 18.9. The fourth-order valence-corrected chi connectivity index (χ4v) is 6.65. The van der Waals surface area contributed by atoms with Gasteiger partial charge in [0.2, 0.25) is 0 Å². The van der Waals surface area contributed by atoms with Gasteiger partial charge in [-0.05, 0) is 60.4 Å². The van der Waals surface area contributed by atoms with E-state index in [0.717, 1.165) is 35.9 Å². The van der Waals surface area contributed by atoms with E-state index >= 15 is 0 Å². The van der Waals surface area contributed by atoms with Gasteiger partial charge in [0.15, 0.2) is 0 Å². The first kappa shape index (κ1) is 19.9. The van der Waals surface area contributed by atoms with Crippen LogP contribution in [0.5, 0.6) is 5.75 Å². The van der Waals surface area contributed by atoms with Gasteiger partial charge in [-0.2, -0.15) is 0 Å². The molecule has 32 heavy (non-hydrogen) atoms. The van der Waals surface area contributed by atoms with Gasteiger partial charge in [0, 0.05) is 48.2 Å². The smallest absolute Gasteiger partial charge is 0.410 e. The number of H-pyrrole nitrogens is 1. The lowest BCUT2D eigenvalue weighted by Gasteiger charge is -2.53. The Balaban J connectivity index is 1.25. The Kier molecular flexibility index (Phi) is 4.94. The largest absolute Gasteiger partial charge is 0.412 e. The summed E-state index contributed by atoms with van der Waals surface area (Å²) in [5.41, 5.74) is 5.10. The maximum Gasteiger partial charge on any atom is 0.412 e. The van der Waals surface area contributed by atoms with Gasteiger partial charge < -0.3 is 15.0 Å². The van der Waals surface area contributed by atoms with Gasteiger partial charge in [0.05, 0.1) is 0 Å². The average Bonchev–Trinajstić information content (AvgIpc) is 3.14. The third kappa shape index (κ3) is 3.39. The predicted molar refractivity (Wildman–Crippen MR) is 126 cm³/mol. The van der Waals surface area contributed by atoms with Gasteiger partial charge in [0.1, 0.15) is 5.75 Å². The van der Waals surface area contributed by atoms with Crippen LogP contribution in [-0.4, -0.2) is 35.1 Å². The number of hydrogen-bond acceptors (Lipinski definition) is 3. The van der Waals surface area contributed by atoms with Crippen molar-refractivity contribution in [1.82, 2.24) is 15.2 Å². The number of piperidine rings is 2. The summed E-state index contributed by atoms with van der Waals surface area (Å²) in [5, 5.41) is 4.06.